The molecule has 0 aromatic heterocycles. The van der Waals surface area contributed by atoms with Gasteiger partial charge in [0.15, 0.2) is 0 Å². The van der Waals surface area contributed by atoms with E-state index in [1.165, 1.54) is 17.0 Å². The lowest BCUT2D eigenvalue weighted by atomic mass is 10.1. The molecule has 2 rings (SSSR count). The smallest absolute Gasteiger partial charge is 0.242 e. The molecule has 1 N–H and O–H groups in total. The van der Waals surface area contributed by atoms with Crippen molar-refractivity contribution < 1.29 is 18.7 Å². The topological polar surface area (TPSA) is 58.6 Å². The van der Waals surface area contributed by atoms with Gasteiger partial charge in [-0.2, -0.15) is 0 Å². The summed E-state index contributed by atoms with van der Waals surface area (Å²) in [5, 5.41) is 3.10. The average Bonchev–Trinajstić information content (AvgIpc) is 2.76. The first-order valence-corrected chi connectivity index (χ1v) is 10.9. The van der Waals surface area contributed by atoms with Gasteiger partial charge in [0.05, 0.1) is 13.5 Å². The molecule has 0 radical (unpaired) electrons. The lowest BCUT2D eigenvalue weighted by molar-refractivity contribution is -0.141. The van der Waals surface area contributed by atoms with E-state index in [-0.39, 0.29) is 35.4 Å². The summed E-state index contributed by atoms with van der Waals surface area (Å²) in [7, 11) is 1.58. The third kappa shape index (κ3) is 6.96. The number of unbranched alkanes of at least 4 members (excludes halogenated alkanes) is 1. The van der Waals surface area contributed by atoms with E-state index < -0.39 is 11.9 Å². The largest absolute Gasteiger partial charge is 0.497 e. The summed E-state index contributed by atoms with van der Waals surface area (Å²) in [6.45, 7) is 4.67. The van der Waals surface area contributed by atoms with Crippen LogP contribution in [0.25, 0.3) is 0 Å². The standard InChI is InChI=1S/C24H30ClFN2O3/c1-4-6-14-27-24(30)22(5-2)28(16-17-10-12-18(31-3)13-11-17)23(29)15-19-20(25)8-7-9-21(19)26/h7-13,22H,4-6,14-16H2,1-3H3,(H,27,30)/t22-/m0/s1. The molecule has 0 bridgehead atoms. The summed E-state index contributed by atoms with van der Waals surface area (Å²) >= 11 is 6.13. The first-order chi connectivity index (χ1) is 14.9. The SMILES string of the molecule is CCCCNC(=O)[C@H](CC)N(Cc1ccc(OC)cc1)C(=O)Cc1c(F)cccc1Cl. The molecule has 0 unspecified atom stereocenters. The van der Waals surface area contributed by atoms with E-state index in [1.54, 1.807) is 25.3 Å². The molecule has 0 aliphatic carbocycles. The Morgan fingerprint density at radius 3 is 2.45 bits per heavy atom. The van der Waals surface area contributed by atoms with Gasteiger partial charge in [0, 0.05) is 23.7 Å². The van der Waals surface area contributed by atoms with Gasteiger partial charge in [-0.1, -0.05) is 50.1 Å². The summed E-state index contributed by atoms with van der Waals surface area (Å²) in [5.41, 5.74) is 0.976. The molecule has 31 heavy (non-hydrogen) atoms. The molecule has 0 saturated carbocycles. The van der Waals surface area contributed by atoms with Gasteiger partial charge in [0.1, 0.15) is 17.6 Å². The van der Waals surface area contributed by atoms with Gasteiger partial charge in [0.25, 0.3) is 0 Å². The second kappa shape index (κ2) is 12.3. The van der Waals surface area contributed by atoms with Crippen LogP contribution in [0.4, 0.5) is 4.39 Å². The zero-order valence-electron chi connectivity index (χ0n) is 18.3. The van der Waals surface area contributed by atoms with Crippen LogP contribution in [0.3, 0.4) is 0 Å². The Labute approximate surface area is 188 Å². The Kier molecular flexibility index (Phi) is 9.79. The number of carbonyl (C=O) groups excluding carboxylic acids is 2. The van der Waals surface area contributed by atoms with Crippen molar-refractivity contribution >= 4 is 23.4 Å². The van der Waals surface area contributed by atoms with E-state index in [9.17, 15) is 14.0 Å². The zero-order chi connectivity index (χ0) is 22.8. The quantitative estimate of drug-likeness (QED) is 0.504. The van der Waals surface area contributed by atoms with Gasteiger partial charge < -0.3 is 15.0 Å². The van der Waals surface area contributed by atoms with Gasteiger partial charge >= 0.3 is 0 Å². The molecule has 0 aliphatic heterocycles. The molecule has 0 spiro atoms. The minimum Gasteiger partial charge on any atom is -0.497 e. The molecule has 0 aliphatic rings. The summed E-state index contributed by atoms with van der Waals surface area (Å²) in [6.07, 6.45) is 2.03. The average molecular weight is 449 g/mol. The van der Waals surface area contributed by atoms with E-state index in [0.29, 0.717) is 18.7 Å². The van der Waals surface area contributed by atoms with Crippen LogP contribution in [-0.4, -0.2) is 36.4 Å². The van der Waals surface area contributed by atoms with Crippen LogP contribution in [0.5, 0.6) is 5.75 Å². The lowest BCUT2D eigenvalue weighted by Gasteiger charge is -2.31. The molecule has 0 fully saturated rings. The number of nitrogens with zero attached hydrogens (tertiary/aromatic N) is 1. The van der Waals surface area contributed by atoms with Crippen molar-refractivity contribution in [1.82, 2.24) is 10.2 Å². The first kappa shape index (κ1) is 24.7. The van der Waals surface area contributed by atoms with Gasteiger partial charge in [0.2, 0.25) is 11.8 Å². The summed E-state index contributed by atoms with van der Waals surface area (Å²) in [5.74, 6) is -0.410. The van der Waals surface area contributed by atoms with Gasteiger partial charge in [-0.25, -0.2) is 4.39 Å². The van der Waals surface area contributed by atoms with Crippen LogP contribution in [0.1, 0.15) is 44.2 Å². The van der Waals surface area contributed by atoms with E-state index in [0.717, 1.165) is 18.4 Å². The third-order valence-corrected chi connectivity index (χ3v) is 5.47. The normalized spacial score (nSPS) is 11.6. The molecule has 168 valence electrons. The molecule has 1 atom stereocenters. The van der Waals surface area contributed by atoms with Gasteiger partial charge in [-0.3, -0.25) is 9.59 Å². The van der Waals surface area contributed by atoms with E-state index in [1.807, 2.05) is 26.0 Å². The molecular weight excluding hydrogens is 419 g/mol. The van der Waals surface area contributed by atoms with Crippen molar-refractivity contribution in [2.75, 3.05) is 13.7 Å². The second-order valence-electron chi connectivity index (χ2n) is 7.32. The highest BCUT2D eigenvalue weighted by atomic mass is 35.5. The molecule has 7 heteroatoms. The van der Waals surface area contributed by atoms with Crippen LogP contribution >= 0.6 is 11.6 Å². The van der Waals surface area contributed by atoms with Gasteiger partial charge in [-0.05, 0) is 42.7 Å². The number of methoxy groups -OCH3 is 1. The number of ether oxygens (including phenoxy) is 1. The maximum absolute atomic E-state index is 14.3. The molecule has 2 aromatic rings. The molecule has 2 amide bonds. The highest BCUT2D eigenvalue weighted by Crippen LogP contribution is 2.22. The number of rotatable bonds is 11. The molecule has 0 heterocycles. The predicted molar refractivity (Wildman–Crippen MR) is 121 cm³/mol. The first-order valence-electron chi connectivity index (χ1n) is 10.5. The Balaban J connectivity index is 2.30. The molecule has 5 nitrogen and oxygen atoms in total. The third-order valence-electron chi connectivity index (χ3n) is 5.12. The Morgan fingerprint density at radius 1 is 1.16 bits per heavy atom. The van der Waals surface area contributed by atoms with Crippen LogP contribution in [0, 0.1) is 5.82 Å². The van der Waals surface area contributed by atoms with Gasteiger partial charge in [-0.15, -0.1) is 0 Å². The minimum absolute atomic E-state index is 0.134. The highest BCUT2D eigenvalue weighted by Gasteiger charge is 2.29. The fraction of sp³-hybridized carbons (Fsp3) is 0.417. The molecular formula is C24H30ClFN2O3. The van der Waals surface area contributed by atoms with E-state index in [2.05, 4.69) is 5.32 Å². The van der Waals surface area contributed by atoms with Crippen molar-refractivity contribution in [1.29, 1.82) is 0 Å². The van der Waals surface area contributed by atoms with Crippen molar-refractivity contribution in [2.45, 2.75) is 52.1 Å². The van der Waals surface area contributed by atoms with Crippen molar-refractivity contribution in [2.24, 2.45) is 0 Å². The predicted octanol–water partition coefficient (Wildman–Crippen LogP) is 4.75. The zero-order valence-corrected chi connectivity index (χ0v) is 19.0. The molecule has 2 aromatic carbocycles. The summed E-state index contributed by atoms with van der Waals surface area (Å²) < 4.78 is 19.5. The maximum atomic E-state index is 14.3. The maximum Gasteiger partial charge on any atom is 0.242 e. The number of benzene rings is 2. The van der Waals surface area contributed by atoms with Crippen LogP contribution in [-0.2, 0) is 22.6 Å². The number of halogens is 2. The fourth-order valence-corrected chi connectivity index (χ4v) is 3.54. The number of hydrogen-bond donors (Lipinski definition) is 1. The Hall–Kier alpha value is -2.60. The number of nitrogens with one attached hydrogen (secondary N) is 1. The monoisotopic (exact) mass is 448 g/mol. The lowest BCUT2D eigenvalue weighted by Crippen LogP contribution is -2.49. The van der Waals surface area contributed by atoms with E-state index >= 15 is 0 Å². The second-order valence-corrected chi connectivity index (χ2v) is 7.72. The number of hydrogen-bond acceptors (Lipinski definition) is 3. The van der Waals surface area contributed by atoms with Crippen LogP contribution in [0.2, 0.25) is 5.02 Å². The summed E-state index contributed by atoms with van der Waals surface area (Å²) in [4.78, 5) is 27.6. The summed E-state index contributed by atoms with van der Waals surface area (Å²) in [6, 6.07) is 10.9. The van der Waals surface area contributed by atoms with Crippen LogP contribution in [0.15, 0.2) is 42.5 Å². The minimum atomic E-state index is -0.669. The highest BCUT2D eigenvalue weighted by molar-refractivity contribution is 6.31. The molecule has 0 saturated heterocycles. The number of amides is 2. The fourth-order valence-electron chi connectivity index (χ4n) is 3.31. The van der Waals surface area contributed by atoms with Crippen molar-refractivity contribution in [3.05, 3.63) is 64.4 Å². The Morgan fingerprint density at radius 2 is 1.87 bits per heavy atom. The van der Waals surface area contributed by atoms with Crippen molar-refractivity contribution in [3.63, 3.8) is 0 Å². The number of carbonyl (C=O) groups is 2. The Bertz CT molecular complexity index is 853. The van der Waals surface area contributed by atoms with Crippen molar-refractivity contribution in [3.8, 4) is 5.75 Å². The van der Waals surface area contributed by atoms with E-state index in [4.69, 9.17) is 16.3 Å². The van der Waals surface area contributed by atoms with Crippen LogP contribution < -0.4 is 10.1 Å².